The predicted molar refractivity (Wildman–Crippen MR) is 121 cm³/mol. The lowest BCUT2D eigenvalue weighted by molar-refractivity contribution is -0.137. The third-order valence-corrected chi connectivity index (χ3v) is 7.68. The molecule has 33 heavy (non-hydrogen) atoms. The molecule has 0 saturated carbocycles. The number of amides is 1. The molecule has 1 amide bonds. The predicted octanol–water partition coefficient (Wildman–Crippen LogP) is 6.38. The van der Waals surface area contributed by atoms with Crippen molar-refractivity contribution in [1.29, 1.82) is 5.26 Å². The van der Waals surface area contributed by atoms with Crippen LogP contribution in [0.4, 0.5) is 24.5 Å². The quantitative estimate of drug-likeness (QED) is 0.405. The SMILES string of the molecule is N#Cc1cc2c(nc1SCC(=O)N1c3ccccc3Sc3ccc(C(F)(F)F)cc31)CCC2. The van der Waals surface area contributed by atoms with Gasteiger partial charge in [-0.25, -0.2) is 4.98 Å². The van der Waals surface area contributed by atoms with E-state index in [1.54, 1.807) is 12.1 Å². The Hall–Kier alpha value is -2.96. The van der Waals surface area contributed by atoms with Gasteiger partial charge >= 0.3 is 6.18 Å². The highest BCUT2D eigenvalue weighted by Gasteiger charge is 2.35. The molecule has 0 saturated heterocycles. The van der Waals surface area contributed by atoms with Crippen molar-refractivity contribution in [3.8, 4) is 6.07 Å². The number of benzene rings is 2. The molecular weight excluding hydrogens is 467 g/mol. The van der Waals surface area contributed by atoms with Gasteiger partial charge in [0.1, 0.15) is 11.1 Å². The Morgan fingerprint density at radius 1 is 1.12 bits per heavy atom. The number of nitrogens with zero attached hydrogens (tertiary/aromatic N) is 3. The molecule has 3 aromatic rings. The number of hydrogen-bond donors (Lipinski definition) is 0. The Kier molecular flexibility index (Phi) is 5.59. The first kappa shape index (κ1) is 21.9. The smallest absolute Gasteiger partial charge is 0.278 e. The second-order valence-electron chi connectivity index (χ2n) is 7.68. The summed E-state index contributed by atoms with van der Waals surface area (Å²) in [6.45, 7) is 0. The standard InChI is InChI=1S/C24H16F3N3OS2/c25-24(26,27)16-8-9-21-19(11-16)30(18-6-1-2-7-20(18)33-21)22(31)13-32-23-15(12-28)10-14-4-3-5-17(14)29-23/h1-2,6-11H,3-5,13H2. The summed E-state index contributed by atoms with van der Waals surface area (Å²) in [6.07, 6.45) is -1.80. The highest BCUT2D eigenvalue weighted by molar-refractivity contribution is 8.00. The molecule has 5 rings (SSSR count). The molecule has 1 aromatic heterocycles. The number of pyridine rings is 1. The van der Waals surface area contributed by atoms with Gasteiger partial charge in [0.2, 0.25) is 5.91 Å². The lowest BCUT2D eigenvalue weighted by Crippen LogP contribution is -2.30. The molecule has 0 unspecified atom stereocenters. The van der Waals surface area contributed by atoms with Crippen molar-refractivity contribution in [3.05, 3.63) is 70.9 Å². The maximum atomic E-state index is 13.4. The fourth-order valence-corrected chi connectivity index (χ4v) is 5.90. The first-order valence-electron chi connectivity index (χ1n) is 10.2. The number of aryl methyl sites for hydroxylation is 2. The fraction of sp³-hybridized carbons (Fsp3) is 0.208. The zero-order valence-electron chi connectivity index (χ0n) is 17.1. The summed E-state index contributed by atoms with van der Waals surface area (Å²) in [6, 6.07) is 14.6. The number of carbonyl (C=O) groups is 1. The average Bonchev–Trinajstić information content (AvgIpc) is 3.26. The topological polar surface area (TPSA) is 57.0 Å². The second-order valence-corrected chi connectivity index (χ2v) is 9.73. The van der Waals surface area contributed by atoms with Crippen molar-refractivity contribution in [2.45, 2.75) is 40.3 Å². The number of fused-ring (bicyclic) bond motifs is 3. The Morgan fingerprint density at radius 3 is 2.70 bits per heavy atom. The lowest BCUT2D eigenvalue weighted by atomic mass is 10.1. The number of alkyl halides is 3. The fourth-order valence-electron chi connectivity index (χ4n) is 4.04. The van der Waals surface area contributed by atoms with Crippen LogP contribution in [-0.4, -0.2) is 16.6 Å². The number of rotatable bonds is 3. The van der Waals surface area contributed by atoms with Gasteiger partial charge in [-0.1, -0.05) is 35.7 Å². The largest absolute Gasteiger partial charge is 0.416 e. The normalized spacial score (nSPS) is 14.3. The maximum absolute atomic E-state index is 13.4. The molecule has 0 atom stereocenters. The van der Waals surface area contributed by atoms with Crippen LogP contribution in [0.1, 0.15) is 28.8 Å². The van der Waals surface area contributed by atoms with E-state index in [-0.39, 0.29) is 17.3 Å². The van der Waals surface area contributed by atoms with Crippen LogP contribution in [0.3, 0.4) is 0 Å². The van der Waals surface area contributed by atoms with Crippen LogP contribution in [0.25, 0.3) is 0 Å². The summed E-state index contributed by atoms with van der Waals surface area (Å²) in [4.78, 5) is 20.7. The maximum Gasteiger partial charge on any atom is 0.416 e. The van der Waals surface area contributed by atoms with E-state index in [2.05, 4.69) is 11.1 Å². The van der Waals surface area contributed by atoms with Crippen molar-refractivity contribution in [3.63, 3.8) is 0 Å². The number of anilines is 2. The highest BCUT2D eigenvalue weighted by Crippen LogP contribution is 2.49. The summed E-state index contributed by atoms with van der Waals surface area (Å²) in [5.41, 5.74) is 2.38. The molecule has 2 heterocycles. The number of nitriles is 1. The van der Waals surface area contributed by atoms with Crippen LogP contribution in [0.5, 0.6) is 0 Å². The van der Waals surface area contributed by atoms with Crippen LogP contribution in [-0.2, 0) is 23.8 Å². The van der Waals surface area contributed by atoms with Crippen molar-refractivity contribution in [1.82, 2.24) is 4.98 Å². The van der Waals surface area contributed by atoms with Crippen molar-refractivity contribution >= 4 is 40.8 Å². The number of hydrogen-bond acceptors (Lipinski definition) is 5. The summed E-state index contributed by atoms with van der Waals surface area (Å²) in [5.74, 6) is -0.436. The first-order valence-corrected chi connectivity index (χ1v) is 12.0. The molecule has 0 radical (unpaired) electrons. The van der Waals surface area contributed by atoms with E-state index in [0.29, 0.717) is 21.2 Å². The first-order chi connectivity index (χ1) is 15.8. The van der Waals surface area contributed by atoms with E-state index in [9.17, 15) is 23.2 Å². The van der Waals surface area contributed by atoms with E-state index in [0.717, 1.165) is 59.3 Å². The summed E-state index contributed by atoms with van der Waals surface area (Å²) < 4.78 is 40.2. The summed E-state index contributed by atoms with van der Waals surface area (Å²) in [5, 5.41) is 10.0. The molecule has 9 heteroatoms. The lowest BCUT2D eigenvalue weighted by Gasteiger charge is -2.31. The third kappa shape index (κ3) is 4.09. The minimum atomic E-state index is -4.52. The van der Waals surface area contributed by atoms with E-state index in [1.165, 1.54) is 22.7 Å². The Balaban J connectivity index is 1.49. The van der Waals surface area contributed by atoms with Gasteiger partial charge in [-0.05, 0) is 61.2 Å². The number of aromatic nitrogens is 1. The van der Waals surface area contributed by atoms with Gasteiger partial charge in [0.05, 0.1) is 28.3 Å². The minimum absolute atomic E-state index is 0.0604. The molecule has 0 N–H and O–H groups in total. The number of thioether (sulfide) groups is 1. The van der Waals surface area contributed by atoms with Crippen molar-refractivity contribution < 1.29 is 18.0 Å². The summed E-state index contributed by atoms with van der Waals surface area (Å²) >= 11 is 2.48. The van der Waals surface area contributed by atoms with Gasteiger partial charge in [0.25, 0.3) is 0 Å². The van der Waals surface area contributed by atoms with Gasteiger partial charge in [0, 0.05) is 15.5 Å². The van der Waals surface area contributed by atoms with Crippen LogP contribution >= 0.6 is 23.5 Å². The van der Waals surface area contributed by atoms with Crippen LogP contribution in [0.2, 0.25) is 0 Å². The van der Waals surface area contributed by atoms with Crippen LogP contribution in [0.15, 0.2) is 63.3 Å². The Labute approximate surface area is 196 Å². The van der Waals surface area contributed by atoms with E-state index in [4.69, 9.17) is 0 Å². The number of para-hydroxylation sites is 1. The zero-order valence-corrected chi connectivity index (χ0v) is 18.8. The van der Waals surface area contributed by atoms with Crippen LogP contribution < -0.4 is 4.90 Å². The zero-order chi connectivity index (χ0) is 23.2. The monoisotopic (exact) mass is 483 g/mol. The second kappa shape index (κ2) is 8.43. The van der Waals surface area contributed by atoms with Crippen molar-refractivity contribution in [2.24, 2.45) is 0 Å². The molecule has 0 spiro atoms. The highest BCUT2D eigenvalue weighted by atomic mass is 32.2. The molecule has 166 valence electrons. The van der Waals surface area contributed by atoms with E-state index < -0.39 is 11.7 Å². The van der Waals surface area contributed by atoms with Gasteiger partial charge in [0.15, 0.2) is 0 Å². The number of halogens is 3. The van der Waals surface area contributed by atoms with Crippen molar-refractivity contribution in [2.75, 3.05) is 10.7 Å². The molecule has 4 nitrogen and oxygen atoms in total. The van der Waals surface area contributed by atoms with Gasteiger partial charge in [-0.2, -0.15) is 18.4 Å². The molecule has 2 aliphatic rings. The Bertz CT molecular complexity index is 1320. The third-order valence-electron chi connectivity index (χ3n) is 5.57. The minimum Gasteiger partial charge on any atom is -0.278 e. The molecule has 0 fully saturated rings. The average molecular weight is 484 g/mol. The molecule has 2 aromatic carbocycles. The van der Waals surface area contributed by atoms with Gasteiger partial charge in [-0.3, -0.25) is 9.69 Å². The summed E-state index contributed by atoms with van der Waals surface area (Å²) in [7, 11) is 0. The number of carbonyl (C=O) groups excluding carboxylic acids is 1. The molecule has 1 aliphatic heterocycles. The van der Waals surface area contributed by atoms with E-state index >= 15 is 0 Å². The molecule has 0 bridgehead atoms. The van der Waals surface area contributed by atoms with Gasteiger partial charge in [-0.15, -0.1) is 0 Å². The van der Waals surface area contributed by atoms with E-state index in [1.807, 2.05) is 18.2 Å². The van der Waals surface area contributed by atoms with Crippen LogP contribution in [0, 0.1) is 11.3 Å². The van der Waals surface area contributed by atoms with Gasteiger partial charge < -0.3 is 0 Å². The Morgan fingerprint density at radius 2 is 1.91 bits per heavy atom. The molecular formula is C24H16F3N3OS2. The molecule has 1 aliphatic carbocycles.